The number of ether oxygens (including phenoxy) is 4. The number of amides is 1. The van der Waals surface area contributed by atoms with Gasteiger partial charge in [-0.1, -0.05) is 222 Å². The van der Waals surface area contributed by atoms with Crippen molar-refractivity contribution in [2.75, 3.05) is 19.8 Å². The highest BCUT2D eigenvalue weighted by molar-refractivity contribution is 5.76. The lowest BCUT2D eigenvalue weighted by atomic mass is 9.97. The number of aliphatic hydroxyl groups is 8. The van der Waals surface area contributed by atoms with E-state index in [9.17, 15) is 45.6 Å². The van der Waals surface area contributed by atoms with Crippen LogP contribution in [0.15, 0.2) is 72.9 Å². The van der Waals surface area contributed by atoms with E-state index in [1.807, 2.05) is 0 Å². The Morgan fingerprint density at radius 1 is 0.487 bits per heavy atom. The first kappa shape index (κ1) is 69.5. The molecule has 0 spiro atoms. The van der Waals surface area contributed by atoms with E-state index in [0.29, 0.717) is 19.3 Å². The SMILES string of the molecule is CC/C=C\C/C=C\C/C=C\C/C=C\C/C=C\C/C=C\CCCCCCCCCCC(=O)NC(COC1OC(CO)C(OC2OC(CO)C(O)C(O)C2O)C(O)C1O)C(O)CCCCCCCCCCCCCCCCC. The van der Waals surface area contributed by atoms with Gasteiger partial charge in [0.15, 0.2) is 12.6 Å². The van der Waals surface area contributed by atoms with Gasteiger partial charge in [0.2, 0.25) is 5.91 Å². The molecule has 2 aliphatic heterocycles. The predicted molar refractivity (Wildman–Crippen MR) is 304 cm³/mol. The molecule has 76 heavy (non-hydrogen) atoms. The molecule has 14 heteroatoms. The molecule has 9 N–H and O–H groups in total. The van der Waals surface area contributed by atoms with Crippen molar-refractivity contribution in [2.24, 2.45) is 0 Å². The highest BCUT2D eigenvalue weighted by atomic mass is 16.7. The van der Waals surface area contributed by atoms with Gasteiger partial charge in [-0.2, -0.15) is 0 Å². The van der Waals surface area contributed by atoms with Gasteiger partial charge >= 0.3 is 0 Å². The summed E-state index contributed by atoms with van der Waals surface area (Å²) in [7, 11) is 0. The van der Waals surface area contributed by atoms with Crippen LogP contribution < -0.4 is 5.32 Å². The largest absolute Gasteiger partial charge is 0.394 e. The third-order valence-electron chi connectivity index (χ3n) is 14.4. The molecular weight excluding hydrogens is 967 g/mol. The molecule has 0 aliphatic carbocycles. The Kier molecular flexibility index (Phi) is 43.2. The first-order chi connectivity index (χ1) is 37.1. The van der Waals surface area contributed by atoms with Crippen LogP contribution in [0.3, 0.4) is 0 Å². The zero-order chi connectivity index (χ0) is 55.3. The van der Waals surface area contributed by atoms with Gasteiger partial charge in [-0.25, -0.2) is 0 Å². The second kappa shape index (κ2) is 47.3. The lowest BCUT2D eigenvalue weighted by Gasteiger charge is -2.46. The van der Waals surface area contributed by atoms with Crippen molar-refractivity contribution in [3.05, 3.63) is 72.9 Å². The number of carbonyl (C=O) groups excluding carboxylic acids is 1. The minimum absolute atomic E-state index is 0.218. The van der Waals surface area contributed by atoms with E-state index in [2.05, 4.69) is 92.1 Å². The van der Waals surface area contributed by atoms with Crippen molar-refractivity contribution < 1.29 is 64.6 Å². The van der Waals surface area contributed by atoms with Crippen molar-refractivity contribution >= 4 is 5.91 Å². The van der Waals surface area contributed by atoms with Crippen molar-refractivity contribution in [1.82, 2.24) is 5.32 Å². The lowest BCUT2D eigenvalue weighted by molar-refractivity contribution is -0.359. The summed E-state index contributed by atoms with van der Waals surface area (Å²) in [5.41, 5.74) is 0. The normalized spacial score (nSPS) is 25.4. The Morgan fingerprint density at radius 3 is 1.39 bits per heavy atom. The van der Waals surface area contributed by atoms with Crippen LogP contribution in [0.4, 0.5) is 0 Å². The summed E-state index contributed by atoms with van der Waals surface area (Å²) in [6.07, 6.45) is 44.6. The maximum Gasteiger partial charge on any atom is 0.220 e. The van der Waals surface area contributed by atoms with Crippen LogP contribution >= 0.6 is 0 Å². The Labute approximate surface area is 459 Å². The molecule has 14 nitrogen and oxygen atoms in total. The summed E-state index contributed by atoms with van der Waals surface area (Å²) >= 11 is 0. The zero-order valence-electron chi connectivity index (χ0n) is 47.2. The molecule has 2 rings (SSSR count). The summed E-state index contributed by atoms with van der Waals surface area (Å²) in [6.45, 7) is 2.74. The summed E-state index contributed by atoms with van der Waals surface area (Å²) < 4.78 is 22.8. The van der Waals surface area contributed by atoms with Crippen LogP contribution in [-0.4, -0.2) is 140 Å². The van der Waals surface area contributed by atoms with Gasteiger partial charge in [0.05, 0.1) is 32.0 Å². The van der Waals surface area contributed by atoms with Crippen molar-refractivity contribution in [2.45, 2.75) is 293 Å². The number of allylic oxidation sites excluding steroid dienone is 12. The average molecular weight is 1080 g/mol. The van der Waals surface area contributed by atoms with Crippen LogP contribution in [-0.2, 0) is 23.7 Å². The maximum absolute atomic E-state index is 13.3. The summed E-state index contributed by atoms with van der Waals surface area (Å²) in [5.74, 6) is -0.218. The maximum atomic E-state index is 13.3. The summed E-state index contributed by atoms with van der Waals surface area (Å²) in [5, 5.41) is 87.3. The van der Waals surface area contributed by atoms with Gasteiger partial charge in [0, 0.05) is 6.42 Å². The molecule has 2 fully saturated rings. The van der Waals surface area contributed by atoms with E-state index in [0.717, 1.165) is 89.9 Å². The first-order valence-electron chi connectivity index (χ1n) is 30.2. The molecule has 440 valence electrons. The molecule has 0 saturated carbocycles. The molecule has 2 aliphatic rings. The molecule has 0 bridgehead atoms. The summed E-state index contributed by atoms with van der Waals surface area (Å²) in [4.78, 5) is 13.3. The Morgan fingerprint density at radius 2 is 0.908 bits per heavy atom. The molecule has 12 atom stereocenters. The number of rotatable bonds is 47. The third-order valence-corrected chi connectivity index (χ3v) is 14.4. The monoisotopic (exact) mass is 1080 g/mol. The molecule has 0 radical (unpaired) electrons. The quantitative estimate of drug-likeness (QED) is 0.0204. The fourth-order valence-corrected chi connectivity index (χ4v) is 9.59. The zero-order valence-corrected chi connectivity index (χ0v) is 47.2. The fourth-order valence-electron chi connectivity index (χ4n) is 9.59. The average Bonchev–Trinajstić information content (AvgIpc) is 3.42. The second-order valence-electron chi connectivity index (χ2n) is 21.1. The Bertz CT molecular complexity index is 1550. The number of nitrogens with one attached hydrogen (secondary N) is 1. The van der Waals surface area contributed by atoms with Crippen molar-refractivity contribution in [3.8, 4) is 0 Å². The van der Waals surface area contributed by atoms with Crippen molar-refractivity contribution in [1.29, 1.82) is 0 Å². The van der Waals surface area contributed by atoms with Crippen LogP contribution in [0.25, 0.3) is 0 Å². The minimum atomic E-state index is -1.79. The Balaban J connectivity index is 1.73. The van der Waals surface area contributed by atoms with E-state index in [1.54, 1.807) is 0 Å². The van der Waals surface area contributed by atoms with Crippen LogP contribution in [0, 0.1) is 0 Å². The van der Waals surface area contributed by atoms with Gasteiger partial charge < -0.3 is 65.1 Å². The highest BCUT2D eigenvalue weighted by Gasteiger charge is 2.51. The molecule has 2 saturated heterocycles. The summed E-state index contributed by atoms with van der Waals surface area (Å²) in [6, 6.07) is -0.837. The van der Waals surface area contributed by atoms with E-state index in [4.69, 9.17) is 18.9 Å². The molecule has 2 heterocycles. The molecule has 12 unspecified atom stereocenters. The molecular formula is C62H109NO13. The van der Waals surface area contributed by atoms with E-state index in [1.165, 1.54) is 96.3 Å². The number of hydrogen-bond acceptors (Lipinski definition) is 13. The number of unbranched alkanes of at least 4 members (excludes halogenated alkanes) is 22. The van der Waals surface area contributed by atoms with Gasteiger partial charge in [0.25, 0.3) is 0 Å². The highest BCUT2D eigenvalue weighted by Crippen LogP contribution is 2.30. The van der Waals surface area contributed by atoms with Crippen LogP contribution in [0.2, 0.25) is 0 Å². The Hall–Kier alpha value is -2.57. The second-order valence-corrected chi connectivity index (χ2v) is 21.1. The van der Waals surface area contributed by atoms with Gasteiger partial charge in [0.1, 0.15) is 48.8 Å². The van der Waals surface area contributed by atoms with E-state index in [-0.39, 0.29) is 12.5 Å². The minimum Gasteiger partial charge on any atom is -0.394 e. The molecule has 0 aromatic carbocycles. The topological polar surface area (TPSA) is 228 Å². The number of carbonyl (C=O) groups is 1. The van der Waals surface area contributed by atoms with Crippen molar-refractivity contribution in [3.63, 3.8) is 0 Å². The van der Waals surface area contributed by atoms with Crippen LogP contribution in [0.1, 0.15) is 219 Å². The molecule has 0 aromatic heterocycles. The third kappa shape index (κ3) is 32.5. The van der Waals surface area contributed by atoms with Gasteiger partial charge in [-0.05, 0) is 64.2 Å². The number of aliphatic hydroxyl groups excluding tert-OH is 8. The smallest absolute Gasteiger partial charge is 0.220 e. The van der Waals surface area contributed by atoms with E-state index >= 15 is 0 Å². The number of hydrogen-bond donors (Lipinski definition) is 9. The first-order valence-corrected chi connectivity index (χ1v) is 30.2. The predicted octanol–water partition coefficient (Wildman–Crippen LogP) is 10.3. The lowest BCUT2D eigenvalue weighted by Crippen LogP contribution is -2.65. The fraction of sp³-hybridized carbons (Fsp3) is 0.790. The van der Waals surface area contributed by atoms with E-state index < -0.39 is 86.8 Å². The van der Waals surface area contributed by atoms with Gasteiger partial charge in [-0.3, -0.25) is 4.79 Å². The van der Waals surface area contributed by atoms with Crippen LogP contribution in [0.5, 0.6) is 0 Å². The van der Waals surface area contributed by atoms with Gasteiger partial charge in [-0.15, -0.1) is 0 Å². The standard InChI is InChI=1S/C62H109NO13/c1-3-5-7-9-11-13-15-17-19-20-21-22-23-24-25-26-27-28-29-30-32-34-36-38-40-42-44-46-54(67)63-50(51(66)45-43-41-39-37-35-33-31-18-16-14-12-10-8-6-4-2)49-73-61-59(72)57(70)60(53(48-65)75-61)76-62-58(71)56(69)55(68)52(47-64)74-62/h5,7,11,13,17,19,21-22,24-25,27-28,50-53,55-62,64-66,68-72H,3-4,6,8-10,12,14-16,18,20,23,26,29-49H2,1-2H3,(H,63,67)/b7-5-,13-11-,19-17-,22-21-,25-24-,28-27-. The molecule has 1 amide bonds. The molecule has 0 aromatic rings.